The van der Waals surface area contributed by atoms with Crippen LogP contribution in [0.3, 0.4) is 0 Å². The molecule has 254 valence electrons. The predicted octanol–water partition coefficient (Wildman–Crippen LogP) is 5.19. The molecule has 2 aliphatic rings. The number of hydroxylamine groups is 2. The van der Waals surface area contributed by atoms with Crippen LogP contribution in [0.1, 0.15) is 55.1 Å². The van der Waals surface area contributed by atoms with Gasteiger partial charge in [-0.15, -0.1) is 0 Å². The normalized spacial score (nSPS) is 21.5. The molecule has 3 aromatic carbocycles. The van der Waals surface area contributed by atoms with Crippen LogP contribution in [0.5, 0.6) is 5.75 Å². The van der Waals surface area contributed by atoms with E-state index in [0.717, 1.165) is 16.7 Å². The molecule has 3 aromatic rings. The summed E-state index contributed by atoms with van der Waals surface area (Å²) in [7, 11) is 3.03. The molecule has 0 bridgehead atoms. The van der Waals surface area contributed by atoms with Gasteiger partial charge in [0.05, 0.1) is 43.8 Å². The SMILES string of the molecule is CCOc1ccc(C(C)(C)C#N)cc1C1(C(=O)N2CCN(CC(=O)N(C)OC)CC2)N[C@H](c2ccc(Cl)cc2)[C@H](c2ccc(Cl)cc2)N1. The lowest BCUT2D eigenvalue weighted by Gasteiger charge is -2.41. The molecule has 10 nitrogen and oxygen atoms in total. The summed E-state index contributed by atoms with van der Waals surface area (Å²) in [6.07, 6.45) is 0. The van der Waals surface area contributed by atoms with Crippen molar-refractivity contribution in [3.63, 3.8) is 0 Å². The number of amides is 2. The Kier molecular flexibility index (Phi) is 11.0. The number of ether oxygens (including phenoxy) is 1. The molecule has 0 saturated carbocycles. The molecule has 48 heavy (non-hydrogen) atoms. The minimum atomic E-state index is -1.46. The van der Waals surface area contributed by atoms with Crippen molar-refractivity contribution in [2.24, 2.45) is 0 Å². The molecule has 2 fully saturated rings. The average Bonchev–Trinajstić information content (AvgIpc) is 3.50. The highest BCUT2D eigenvalue weighted by molar-refractivity contribution is 6.30. The Morgan fingerprint density at radius 2 is 1.50 bits per heavy atom. The van der Waals surface area contributed by atoms with Gasteiger partial charge in [0, 0.05) is 48.8 Å². The van der Waals surface area contributed by atoms with Crippen molar-refractivity contribution in [2.75, 3.05) is 53.5 Å². The van der Waals surface area contributed by atoms with E-state index >= 15 is 4.79 Å². The number of hydrogen-bond acceptors (Lipinski definition) is 8. The van der Waals surface area contributed by atoms with Gasteiger partial charge in [-0.3, -0.25) is 30.0 Å². The molecule has 2 amide bonds. The Bertz CT molecular complexity index is 1600. The minimum absolute atomic E-state index is 0.164. The quantitative estimate of drug-likeness (QED) is 0.280. The summed E-state index contributed by atoms with van der Waals surface area (Å²) in [5.74, 6) is 0.176. The van der Waals surface area contributed by atoms with Crippen molar-refractivity contribution in [2.45, 2.75) is 43.9 Å². The first-order chi connectivity index (χ1) is 22.9. The maximum atomic E-state index is 15.2. The average molecular weight is 694 g/mol. The number of carbonyl (C=O) groups excluding carboxylic acids is 2. The molecule has 12 heteroatoms. The van der Waals surface area contributed by atoms with Crippen molar-refractivity contribution in [1.82, 2.24) is 25.5 Å². The molecule has 0 aromatic heterocycles. The van der Waals surface area contributed by atoms with E-state index in [2.05, 4.69) is 16.7 Å². The molecule has 2 saturated heterocycles. The fourth-order valence-electron chi connectivity index (χ4n) is 6.26. The summed E-state index contributed by atoms with van der Waals surface area (Å²) in [6, 6.07) is 22.4. The van der Waals surface area contributed by atoms with Crippen LogP contribution in [0.25, 0.3) is 0 Å². The van der Waals surface area contributed by atoms with Crippen LogP contribution in [0.2, 0.25) is 10.0 Å². The third-order valence-corrected chi connectivity index (χ3v) is 9.69. The highest BCUT2D eigenvalue weighted by Crippen LogP contribution is 2.45. The number of nitrogens with zero attached hydrogens (tertiary/aromatic N) is 4. The molecular weight excluding hydrogens is 651 g/mol. The highest BCUT2D eigenvalue weighted by Gasteiger charge is 2.55. The van der Waals surface area contributed by atoms with Crippen molar-refractivity contribution in [3.05, 3.63) is 99.0 Å². The summed E-state index contributed by atoms with van der Waals surface area (Å²) in [5.41, 5.74) is 0.903. The highest BCUT2D eigenvalue weighted by atomic mass is 35.5. The summed E-state index contributed by atoms with van der Waals surface area (Å²) in [5, 5.41) is 20.0. The second-order valence-corrected chi connectivity index (χ2v) is 13.5. The molecule has 5 rings (SSSR count). The fourth-order valence-corrected chi connectivity index (χ4v) is 6.51. The molecule has 1 unspecified atom stereocenters. The van der Waals surface area contributed by atoms with Gasteiger partial charge in [0.1, 0.15) is 5.75 Å². The predicted molar refractivity (Wildman–Crippen MR) is 185 cm³/mol. The zero-order valence-electron chi connectivity index (χ0n) is 27.9. The van der Waals surface area contributed by atoms with E-state index < -0.39 is 11.1 Å². The number of piperazine rings is 1. The largest absolute Gasteiger partial charge is 0.493 e. The van der Waals surface area contributed by atoms with E-state index in [1.54, 1.807) is 7.05 Å². The van der Waals surface area contributed by atoms with Crippen LogP contribution < -0.4 is 15.4 Å². The Balaban J connectivity index is 1.62. The van der Waals surface area contributed by atoms with Gasteiger partial charge >= 0.3 is 0 Å². The number of benzene rings is 3. The summed E-state index contributed by atoms with van der Waals surface area (Å²) < 4.78 is 6.19. The number of likely N-dealkylation sites (N-methyl/N-ethyl adjacent to an activating group) is 1. The minimum Gasteiger partial charge on any atom is -0.493 e. The van der Waals surface area contributed by atoms with Crippen LogP contribution >= 0.6 is 23.2 Å². The van der Waals surface area contributed by atoms with Gasteiger partial charge in [-0.05, 0) is 73.9 Å². The summed E-state index contributed by atoms with van der Waals surface area (Å²) in [4.78, 5) is 36.6. The maximum absolute atomic E-state index is 15.2. The number of hydrogen-bond donors (Lipinski definition) is 2. The Labute approximate surface area is 292 Å². The summed E-state index contributed by atoms with van der Waals surface area (Å²) in [6.45, 7) is 7.98. The molecule has 2 heterocycles. The van der Waals surface area contributed by atoms with Crippen molar-refractivity contribution in [3.8, 4) is 11.8 Å². The van der Waals surface area contributed by atoms with E-state index in [4.69, 9.17) is 32.8 Å². The number of halogens is 2. The van der Waals surface area contributed by atoms with E-state index in [1.807, 2.05) is 97.3 Å². The maximum Gasteiger partial charge on any atom is 0.262 e. The summed E-state index contributed by atoms with van der Waals surface area (Å²) >= 11 is 12.6. The number of nitrogens with one attached hydrogen (secondary N) is 2. The molecular formula is C36H42Cl2N6O4. The van der Waals surface area contributed by atoms with Gasteiger partial charge in [-0.2, -0.15) is 5.26 Å². The van der Waals surface area contributed by atoms with Gasteiger partial charge in [-0.25, -0.2) is 5.06 Å². The van der Waals surface area contributed by atoms with Crippen molar-refractivity contribution < 1.29 is 19.2 Å². The number of carbonyl (C=O) groups is 2. The Hall–Kier alpha value is -3.69. The molecule has 2 aliphatic heterocycles. The van der Waals surface area contributed by atoms with Crippen LogP contribution in [-0.2, 0) is 25.5 Å². The third kappa shape index (κ3) is 7.32. The topological polar surface area (TPSA) is 110 Å². The fraction of sp³-hybridized carbons (Fsp3) is 0.417. The van der Waals surface area contributed by atoms with Gasteiger partial charge < -0.3 is 9.64 Å². The van der Waals surface area contributed by atoms with Gasteiger partial charge in [-0.1, -0.05) is 53.5 Å². The monoisotopic (exact) mass is 692 g/mol. The van der Waals surface area contributed by atoms with E-state index in [0.29, 0.717) is 54.1 Å². The van der Waals surface area contributed by atoms with E-state index in [-0.39, 0.29) is 30.4 Å². The van der Waals surface area contributed by atoms with Gasteiger partial charge in [0.25, 0.3) is 11.8 Å². The molecule has 3 atom stereocenters. The zero-order valence-corrected chi connectivity index (χ0v) is 29.4. The van der Waals surface area contributed by atoms with Crippen molar-refractivity contribution >= 4 is 35.0 Å². The second kappa shape index (κ2) is 14.8. The first-order valence-electron chi connectivity index (χ1n) is 16.0. The first kappa shape index (κ1) is 35.6. The Morgan fingerprint density at radius 3 is 1.98 bits per heavy atom. The van der Waals surface area contributed by atoms with E-state index in [1.165, 1.54) is 12.2 Å². The lowest BCUT2D eigenvalue weighted by molar-refractivity contribution is -0.170. The first-order valence-corrected chi connectivity index (χ1v) is 16.8. The van der Waals surface area contributed by atoms with Crippen molar-refractivity contribution in [1.29, 1.82) is 5.26 Å². The number of nitriles is 1. The molecule has 0 spiro atoms. The van der Waals surface area contributed by atoms with Crippen LogP contribution in [0, 0.1) is 11.3 Å². The lowest BCUT2D eigenvalue weighted by Crippen LogP contribution is -2.62. The van der Waals surface area contributed by atoms with E-state index in [9.17, 15) is 10.1 Å². The molecule has 0 aliphatic carbocycles. The smallest absolute Gasteiger partial charge is 0.262 e. The number of rotatable bonds is 10. The molecule has 2 N–H and O–H groups in total. The zero-order chi connectivity index (χ0) is 34.6. The van der Waals surface area contributed by atoms with Gasteiger partial charge in [0.15, 0.2) is 5.66 Å². The van der Waals surface area contributed by atoms with Crippen LogP contribution in [0.15, 0.2) is 66.7 Å². The van der Waals surface area contributed by atoms with Crippen LogP contribution in [0.4, 0.5) is 0 Å². The third-order valence-electron chi connectivity index (χ3n) is 9.18. The lowest BCUT2D eigenvalue weighted by atomic mass is 9.83. The van der Waals surface area contributed by atoms with Crippen LogP contribution in [-0.4, -0.2) is 80.2 Å². The second-order valence-electron chi connectivity index (χ2n) is 12.6. The Morgan fingerprint density at radius 1 is 0.958 bits per heavy atom. The van der Waals surface area contributed by atoms with Gasteiger partial charge in [0.2, 0.25) is 0 Å². The standard InChI is InChI=1S/C36H42Cl2N6O4/c1-6-48-30-16-11-26(35(2,3)23-39)21-29(30)36(34(46)44-19-17-43(18-20-44)22-31(45)42(4)47-5)40-32(24-7-12-27(37)13-8-24)33(41-36)25-9-14-28(38)15-10-25/h7-16,21,32-33,40-41H,6,17-20,22H2,1-5H3/t32-,33+,36?. The molecule has 0 radical (unpaired) electrons.